The van der Waals surface area contributed by atoms with E-state index in [0.29, 0.717) is 18.1 Å². The van der Waals surface area contributed by atoms with Crippen molar-refractivity contribution < 1.29 is 9.32 Å². The topological polar surface area (TPSA) is 85.0 Å². The number of aromatic nitrogens is 3. The predicted molar refractivity (Wildman–Crippen MR) is 78.9 cm³/mol. The van der Waals surface area contributed by atoms with E-state index in [-0.39, 0.29) is 17.5 Å². The molecule has 2 aromatic heterocycles. The highest BCUT2D eigenvalue weighted by Crippen LogP contribution is 2.21. The van der Waals surface area contributed by atoms with Crippen molar-refractivity contribution >= 4 is 11.8 Å². The van der Waals surface area contributed by atoms with Crippen LogP contribution in [0.15, 0.2) is 29.3 Å². The van der Waals surface area contributed by atoms with Crippen molar-refractivity contribution in [1.29, 1.82) is 0 Å². The van der Waals surface area contributed by atoms with Gasteiger partial charge in [0.15, 0.2) is 5.82 Å². The molecule has 0 saturated heterocycles. The summed E-state index contributed by atoms with van der Waals surface area (Å²) in [6.07, 6.45) is 5.33. The monoisotopic (exact) mass is 291 g/mol. The van der Waals surface area contributed by atoms with Crippen molar-refractivity contribution in [1.82, 2.24) is 20.0 Å². The Morgan fingerprint density at radius 3 is 2.76 bits per heavy atom. The summed E-state index contributed by atoms with van der Waals surface area (Å²) in [5.41, 5.74) is -0.0959. The highest BCUT2D eigenvalue weighted by molar-refractivity contribution is 5.88. The summed E-state index contributed by atoms with van der Waals surface area (Å²) in [5, 5.41) is 9.38. The van der Waals surface area contributed by atoms with E-state index >= 15 is 0 Å². The average Bonchev–Trinajstić information content (AvgIpc) is 2.99. The number of anilines is 1. The third-order valence-corrected chi connectivity index (χ3v) is 3.17. The summed E-state index contributed by atoms with van der Waals surface area (Å²) < 4.78 is 6.86. The van der Waals surface area contributed by atoms with Crippen molar-refractivity contribution in [3.8, 4) is 0 Å². The van der Waals surface area contributed by atoms with Crippen LogP contribution < -0.4 is 10.6 Å². The first-order valence-corrected chi connectivity index (χ1v) is 6.81. The molecule has 0 aliphatic rings. The van der Waals surface area contributed by atoms with Crippen molar-refractivity contribution in [2.75, 3.05) is 5.32 Å². The molecule has 114 valence electrons. The van der Waals surface area contributed by atoms with Crippen LogP contribution in [-0.4, -0.2) is 26.8 Å². The maximum Gasteiger partial charge on any atom is 0.320 e. The van der Waals surface area contributed by atoms with Gasteiger partial charge in [0.2, 0.25) is 0 Å². The first kappa shape index (κ1) is 15.1. The normalized spacial score (nSPS) is 13.0. The van der Waals surface area contributed by atoms with Crippen LogP contribution in [0.5, 0.6) is 0 Å². The van der Waals surface area contributed by atoms with Crippen molar-refractivity contribution in [3.63, 3.8) is 0 Å². The van der Waals surface area contributed by atoms with Gasteiger partial charge in [-0.25, -0.2) is 9.78 Å². The van der Waals surface area contributed by atoms with Gasteiger partial charge < -0.3 is 14.4 Å². The van der Waals surface area contributed by atoms with Gasteiger partial charge >= 0.3 is 6.03 Å². The van der Waals surface area contributed by atoms with E-state index in [0.717, 1.165) is 0 Å². The molecule has 0 aliphatic carbocycles. The Bertz CT molecular complexity index is 583. The molecule has 1 atom stereocenters. The van der Waals surface area contributed by atoms with Gasteiger partial charge in [-0.1, -0.05) is 25.9 Å². The Balaban J connectivity index is 1.99. The molecule has 0 spiro atoms. The van der Waals surface area contributed by atoms with Crippen LogP contribution in [0.2, 0.25) is 0 Å². The Hall–Kier alpha value is -2.31. The molecular weight excluding hydrogens is 270 g/mol. The van der Waals surface area contributed by atoms with E-state index in [1.807, 2.05) is 10.8 Å². The molecule has 7 nitrogen and oxygen atoms in total. The van der Waals surface area contributed by atoms with Crippen LogP contribution >= 0.6 is 0 Å². The Labute approximate surface area is 123 Å². The fourth-order valence-corrected chi connectivity index (χ4v) is 1.88. The van der Waals surface area contributed by atoms with Gasteiger partial charge in [0, 0.05) is 25.0 Å². The minimum atomic E-state index is -0.302. The average molecular weight is 291 g/mol. The zero-order chi connectivity index (χ0) is 15.5. The number of rotatable bonds is 4. The third kappa shape index (κ3) is 4.34. The molecule has 2 rings (SSSR count). The van der Waals surface area contributed by atoms with E-state index < -0.39 is 0 Å². The minimum Gasteiger partial charge on any atom is -0.360 e. The molecule has 2 amide bonds. The number of hydrogen-bond acceptors (Lipinski definition) is 4. The molecule has 0 bridgehead atoms. The summed E-state index contributed by atoms with van der Waals surface area (Å²) in [4.78, 5) is 16.1. The van der Waals surface area contributed by atoms with E-state index in [1.54, 1.807) is 25.5 Å². The SMILES string of the molecule is Cc1cc(NC(=O)N[C@@H](Cn2ccnc2)C(C)(C)C)no1. The first-order chi connectivity index (χ1) is 9.84. The molecule has 2 aromatic rings. The summed E-state index contributed by atoms with van der Waals surface area (Å²) >= 11 is 0. The number of urea groups is 1. The van der Waals surface area contributed by atoms with Crippen LogP contribution in [0.25, 0.3) is 0 Å². The van der Waals surface area contributed by atoms with Gasteiger partial charge in [0.25, 0.3) is 0 Å². The Morgan fingerprint density at radius 1 is 1.48 bits per heavy atom. The summed E-state index contributed by atoms with van der Waals surface area (Å²) in [6, 6.07) is 1.31. The molecule has 0 saturated carbocycles. The summed E-state index contributed by atoms with van der Waals surface area (Å²) in [7, 11) is 0. The van der Waals surface area contributed by atoms with E-state index in [2.05, 4.69) is 41.5 Å². The second kappa shape index (κ2) is 5.99. The number of aryl methyl sites for hydroxylation is 1. The maximum atomic E-state index is 12.1. The molecule has 0 unspecified atom stereocenters. The van der Waals surface area contributed by atoms with Crippen molar-refractivity contribution in [3.05, 3.63) is 30.5 Å². The van der Waals surface area contributed by atoms with Crippen molar-refractivity contribution in [2.45, 2.75) is 40.3 Å². The third-order valence-electron chi connectivity index (χ3n) is 3.17. The highest BCUT2D eigenvalue weighted by Gasteiger charge is 2.26. The number of amides is 2. The number of carbonyl (C=O) groups is 1. The lowest BCUT2D eigenvalue weighted by Crippen LogP contribution is -2.47. The summed E-state index contributed by atoms with van der Waals surface area (Å²) in [6.45, 7) is 8.65. The van der Waals surface area contributed by atoms with Crippen LogP contribution in [0.1, 0.15) is 26.5 Å². The second-order valence-electron chi connectivity index (χ2n) is 6.10. The predicted octanol–water partition coefficient (Wildman–Crippen LogP) is 2.42. The van der Waals surface area contributed by atoms with Crippen LogP contribution in [0.3, 0.4) is 0 Å². The minimum absolute atomic E-state index is 0.0558. The van der Waals surface area contributed by atoms with Gasteiger partial charge in [-0.2, -0.15) is 0 Å². The van der Waals surface area contributed by atoms with Gasteiger partial charge in [0.1, 0.15) is 5.76 Å². The number of hydrogen-bond donors (Lipinski definition) is 2. The number of carbonyl (C=O) groups excluding carboxylic acids is 1. The fraction of sp³-hybridized carbons (Fsp3) is 0.500. The first-order valence-electron chi connectivity index (χ1n) is 6.81. The standard InChI is InChI=1S/C14H21N5O2/c1-10-7-12(18-21-10)17-13(20)16-11(14(2,3)4)8-19-6-5-15-9-19/h5-7,9,11H,8H2,1-4H3,(H2,16,17,18,20)/t11-/m0/s1. The van der Waals surface area contributed by atoms with Crippen LogP contribution in [0.4, 0.5) is 10.6 Å². The second-order valence-corrected chi connectivity index (χ2v) is 6.10. The molecule has 0 aliphatic heterocycles. The van der Waals surface area contributed by atoms with Gasteiger partial charge in [-0.3, -0.25) is 5.32 Å². The lowest BCUT2D eigenvalue weighted by molar-refractivity contribution is 0.218. The Kier molecular flexibility index (Phi) is 4.30. The summed E-state index contributed by atoms with van der Waals surface area (Å²) in [5.74, 6) is 1.05. The smallest absolute Gasteiger partial charge is 0.320 e. The van der Waals surface area contributed by atoms with E-state index in [4.69, 9.17) is 4.52 Å². The van der Waals surface area contributed by atoms with Gasteiger partial charge in [0.05, 0.1) is 12.4 Å². The molecular formula is C14H21N5O2. The molecule has 2 N–H and O–H groups in total. The zero-order valence-electron chi connectivity index (χ0n) is 12.8. The molecule has 0 radical (unpaired) electrons. The van der Waals surface area contributed by atoms with Crippen LogP contribution in [0, 0.1) is 12.3 Å². The molecule has 21 heavy (non-hydrogen) atoms. The molecule has 7 heteroatoms. The lowest BCUT2D eigenvalue weighted by atomic mass is 9.86. The zero-order valence-corrected chi connectivity index (χ0v) is 12.8. The Morgan fingerprint density at radius 2 is 2.24 bits per heavy atom. The number of nitrogens with zero attached hydrogens (tertiary/aromatic N) is 3. The van der Waals surface area contributed by atoms with E-state index in [1.165, 1.54) is 0 Å². The molecule has 0 aromatic carbocycles. The van der Waals surface area contributed by atoms with Gasteiger partial charge in [-0.05, 0) is 12.3 Å². The highest BCUT2D eigenvalue weighted by atomic mass is 16.5. The molecule has 2 heterocycles. The van der Waals surface area contributed by atoms with E-state index in [9.17, 15) is 4.79 Å². The van der Waals surface area contributed by atoms with Crippen LogP contribution in [-0.2, 0) is 6.54 Å². The fourth-order valence-electron chi connectivity index (χ4n) is 1.88. The quantitative estimate of drug-likeness (QED) is 0.906. The number of nitrogens with one attached hydrogen (secondary N) is 2. The maximum absolute atomic E-state index is 12.1. The lowest BCUT2D eigenvalue weighted by Gasteiger charge is -2.31. The largest absolute Gasteiger partial charge is 0.360 e. The van der Waals surface area contributed by atoms with Crippen molar-refractivity contribution in [2.24, 2.45) is 5.41 Å². The van der Waals surface area contributed by atoms with Gasteiger partial charge in [-0.15, -0.1) is 0 Å². The molecule has 0 fully saturated rings. The number of imidazole rings is 1.